The molecule has 0 bridgehead atoms. The Morgan fingerprint density at radius 3 is 1.35 bits per heavy atom. The largest absolute Gasteiger partial charge is 0.455 e. The lowest BCUT2D eigenvalue weighted by Crippen LogP contribution is -2.02. The third kappa shape index (κ3) is 6.29. The average Bonchev–Trinajstić information content (AvgIpc) is 4.06. The highest BCUT2D eigenvalue weighted by Gasteiger charge is 2.22. The standard InChI is InChI=1S/C66H38N4O2/c1-2-15-41(16-3-1)66-67-61-57(72-66)36-35-56-60(61)55-28-14-27-54(62(55)71-56)53-34-33-46(51-25-12-13-26-52(51)53)39-29-31-40(32-30-39)63-68-64(58-47-21-8-4-17-42(47)37-43-18-5-9-22-48(43)58)70-65(69-63)59-49-23-10-6-19-44(49)38-45-20-7-11-24-50(45)59/h1-38H. The van der Waals surface area contributed by atoms with Crippen LogP contribution in [0, 0.1) is 0 Å². The van der Waals surface area contributed by atoms with E-state index in [1.807, 2.05) is 42.5 Å². The van der Waals surface area contributed by atoms with Gasteiger partial charge in [0, 0.05) is 33.2 Å². The Bertz CT molecular complexity index is 4440. The highest BCUT2D eigenvalue weighted by Crippen LogP contribution is 2.44. The maximum atomic E-state index is 6.74. The molecule has 0 atom stereocenters. The lowest BCUT2D eigenvalue weighted by Gasteiger charge is -2.15. The van der Waals surface area contributed by atoms with E-state index >= 15 is 0 Å². The minimum atomic E-state index is 0.588. The fourth-order valence-corrected chi connectivity index (χ4v) is 11.0. The van der Waals surface area contributed by atoms with E-state index < -0.39 is 0 Å². The van der Waals surface area contributed by atoms with Crippen LogP contribution in [0.1, 0.15) is 0 Å². The number of benzene rings is 12. The van der Waals surface area contributed by atoms with Crippen molar-refractivity contribution in [1.82, 2.24) is 19.9 Å². The first-order valence-corrected chi connectivity index (χ1v) is 24.2. The summed E-state index contributed by atoms with van der Waals surface area (Å²) in [5.41, 5.74) is 11.2. The zero-order chi connectivity index (χ0) is 47.3. The van der Waals surface area contributed by atoms with Crippen LogP contribution in [0.15, 0.2) is 239 Å². The van der Waals surface area contributed by atoms with Gasteiger partial charge in [0.15, 0.2) is 23.1 Å². The van der Waals surface area contributed by atoms with E-state index in [2.05, 4.69) is 188 Å². The van der Waals surface area contributed by atoms with E-state index in [4.69, 9.17) is 28.8 Å². The van der Waals surface area contributed by atoms with Crippen molar-refractivity contribution >= 4 is 86.9 Å². The van der Waals surface area contributed by atoms with Gasteiger partial charge in [0.25, 0.3) is 0 Å². The molecule has 3 aromatic heterocycles. The van der Waals surface area contributed by atoms with Crippen LogP contribution in [0.3, 0.4) is 0 Å². The first-order valence-electron chi connectivity index (χ1n) is 24.2. The molecule has 0 spiro atoms. The summed E-state index contributed by atoms with van der Waals surface area (Å²) in [6, 6.07) is 80.6. The van der Waals surface area contributed by atoms with E-state index in [1.54, 1.807) is 0 Å². The molecule has 15 rings (SSSR count). The van der Waals surface area contributed by atoms with Crippen molar-refractivity contribution in [2.75, 3.05) is 0 Å². The van der Waals surface area contributed by atoms with Crippen LogP contribution in [-0.2, 0) is 0 Å². The predicted octanol–water partition coefficient (Wildman–Crippen LogP) is 17.7. The van der Waals surface area contributed by atoms with E-state index in [9.17, 15) is 0 Å². The molecular formula is C66H38N4O2. The Labute approximate surface area is 412 Å². The lowest BCUT2D eigenvalue weighted by molar-refractivity contribution is 0.619. The molecule has 0 amide bonds. The Balaban J connectivity index is 0.877. The maximum absolute atomic E-state index is 6.74. The summed E-state index contributed by atoms with van der Waals surface area (Å²) in [6.07, 6.45) is 0. The van der Waals surface area contributed by atoms with Crippen molar-refractivity contribution in [2.45, 2.75) is 0 Å². The lowest BCUT2D eigenvalue weighted by atomic mass is 9.91. The van der Waals surface area contributed by atoms with Gasteiger partial charge in [0.1, 0.15) is 16.7 Å². The molecule has 0 aliphatic carbocycles. The minimum absolute atomic E-state index is 0.588. The second-order valence-electron chi connectivity index (χ2n) is 18.4. The number of aromatic nitrogens is 4. The molecule has 6 nitrogen and oxygen atoms in total. The molecule has 15 aromatic rings. The highest BCUT2D eigenvalue weighted by atomic mass is 16.4. The van der Waals surface area contributed by atoms with Gasteiger partial charge in [0.2, 0.25) is 5.89 Å². The van der Waals surface area contributed by atoms with Crippen molar-refractivity contribution in [3.8, 4) is 67.9 Å². The van der Waals surface area contributed by atoms with Crippen molar-refractivity contribution < 1.29 is 8.83 Å². The zero-order valence-corrected chi connectivity index (χ0v) is 38.5. The van der Waals surface area contributed by atoms with Gasteiger partial charge in [-0.05, 0) is 107 Å². The van der Waals surface area contributed by atoms with Crippen molar-refractivity contribution in [3.05, 3.63) is 231 Å². The molecule has 0 fully saturated rings. The molecule has 0 aliphatic heterocycles. The van der Waals surface area contributed by atoms with Gasteiger partial charge in [-0.15, -0.1) is 0 Å². The molecule has 0 aliphatic rings. The van der Waals surface area contributed by atoms with E-state index in [1.165, 1.54) is 0 Å². The molecule has 0 N–H and O–H groups in total. The second kappa shape index (κ2) is 15.9. The summed E-state index contributed by atoms with van der Waals surface area (Å²) < 4.78 is 13.0. The van der Waals surface area contributed by atoms with Gasteiger partial charge in [-0.25, -0.2) is 19.9 Å². The first-order chi connectivity index (χ1) is 35.7. The number of rotatable bonds is 6. The highest BCUT2D eigenvalue weighted by molar-refractivity contribution is 6.21. The second-order valence-corrected chi connectivity index (χ2v) is 18.4. The summed E-state index contributed by atoms with van der Waals surface area (Å²) in [5, 5.41) is 13.1. The van der Waals surface area contributed by atoms with Crippen molar-refractivity contribution in [1.29, 1.82) is 0 Å². The summed E-state index contributed by atoms with van der Waals surface area (Å²) >= 11 is 0. The Morgan fingerprint density at radius 2 is 0.750 bits per heavy atom. The van der Waals surface area contributed by atoms with Crippen LogP contribution in [0.5, 0.6) is 0 Å². The summed E-state index contributed by atoms with van der Waals surface area (Å²) in [6.45, 7) is 0. The van der Waals surface area contributed by atoms with Gasteiger partial charge >= 0.3 is 0 Å². The number of para-hydroxylation sites is 1. The number of nitrogens with zero attached hydrogens (tertiary/aromatic N) is 4. The molecule has 334 valence electrons. The van der Waals surface area contributed by atoms with Crippen LogP contribution in [0.2, 0.25) is 0 Å². The number of hydrogen-bond donors (Lipinski definition) is 0. The van der Waals surface area contributed by atoms with Crippen LogP contribution in [0.4, 0.5) is 0 Å². The molecule has 72 heavy (non-hydrogen) atoms. The fourth-order valence-electron chi connectivity index (χ4n) is 11.0. The van der Waals surface area contributed by atoms with Gasteiger partial charge in [-0.2, -0.15) is 0 Å². The van der Waals surface area contributed by atoms with Gasteiger partial charge in [-0.1, -0.05) is 194 Å². The Kier molecular flexibility index (Phi) is 8.86. The van der Waals surface area contributed by atoms with Gasteiger partial charge in [0.05, 0.1) is 5.39 Å². The molecule has 6 heteroatoms. The smallest absolute Gasteiger partial charge is 0.227 e. The van der Waals surface area contributed by atoms with Crippen molar-refractivity contribution in [3.63, 3.8) is 0 Å². The van der Waals surface area contributed by atoms with Crippen LogP contribution in [-0.4, -0.2) is 19.9 Å². The molecule has 0 radical (unpaired) electrons. The molecule has 0 saturated carbocycles. The molecule has 3 heterocycles. The van der Waals surface area contributed by atoms with Crippen molar-refractivity contribution in [2.24, 2.45) is 0 Å². The van der Waals surface area contributed by atoms with Gasteiger partial charge < -0.3 is 8.83 Å². The zero-order valence-electron chi connectivity index (χ0n) is 38.5. The normalized spacial score (nSPS) is 11.9. The molecule has 0 saturated heterocycles. The molecule has 12 aromatic carbocycles. The topological polar surface area (TPSA) is 77.8 Å². The SMILES string of the molecule is c1ccc(-c2nc3c(ccc4oc5c(-c6ccc(-c7ccc(-c8nc(-c9c%10ccccc%10cc%10ccccc9%10)nc(-c9c%10ccccc%10cc%10ccccc9%10)n8)cc7)c7ccccc67)cccc5c43)o2)cc1. The van der Waals surface area contributed by atoms with Crippen LogP contribution >= 0.6 is 0 Å². The minimum Gasteiger partial charge on any atom is -0.455 e. The van der Waals surface area contributed by atoms with Crippen LogP contribution < -0.4 is 0 Å². The molecule has 0 unspecified atom stereocenters. The predicted molar refractivity (Wildman–Crippen MR) is 295 cm³/mol. The average molecular weight is 919 g/mol. The third-order valence-corrected chi connectivity index (χ3v) is 14.3. The summed E-state index contributed by atoms with van der Waals surface area (Å²) in [5.74, 6) is 2.46. The fraction of sp³-hybridized carbons (Fsp3) is 0. The van der Waals surface area contributed by atoms with Gasteiger partial charge in [-0.3, -0.25) is 0 Å². The number of hydrogen-bond acceptors (Lipinski definition) is 6. The first kappa shape index (κ1) is 40.1. The number of furan rings is 1. The summed E-state index contributed by atoms with van der Waals surface area (Å²) in [7, 11) is 0. The van der Waals surface area contributed by atoms with E-state index in [0.29, 0.717) is 23.4 Å². The quantitative estimate of drug-likeness (QED) is 0.155. The molecular weight excluding hydrogens is 881 g/mol. The third-order valence-electron chi connectivity index (χ3n) is 14.3. The van der Waals surface area contributed by atoms with E-state index in [-0.39, 0.29) is 0 Å². The number of oxazole rings is 1. The number of fused-ring (bicyclic) bond motifs is 10. The Hall–Kier alpha value is -9.78. The Morgan fingerprint density at radius 1 is 0.278 bits per heavy atom. The summed E-state index contributed by atoms with van der Waals surface area (Å²) in [4.78, 5) is 21.2. The maximum Gasteiger partial charge on any atom is 0.227 e. The van der Waals surface area contributed by atoms with E-state index in [0.717, 1.165) is 131 Å². The monoisotopic (exact) mass is 918 g/mol. The van der Waals surface area contributed by atoms with Crippen LogP contribution in [0.25, 0.3) is 155 Å².